The summed E-state index contributed by atoms with van der Waals surface area (Å²) in [6.45, 7) is 1.66. The van der Waals surface area contributed by atoms with E-state index in [1.54, 1.807) is 18.2 Å². The molecule has 0 heterocycles. The number of nitrogens with one attached hydrogen (secondary N) is 1. The van der Waals surface area contributed by atoms with Crippen LogP contribution in [0.15, 0.2) is 42.5 Å². The molecule has 132 valence electrons. The van der Waals surface area contributed by atoms with E-state index in [-0.39, 0.29) is 17.9 Å². The second-order valence-corrected chi connectivity index (χ2v) is 5.65. The maximum Gasteiger partial charge on any atom is 0.342 e. The maximum absolute atomic E-state index is 12.1. The molecule has 1 atom stereocenters. The molecule has 1 unspecified atom stereocenters. The molecule has 0 spiro atoms. The van der Waals surface area contributed by atoms with Crippen LogP contribution in [0.1, 0.15) is 22.8 Å². The lowest BCUT2D eigenvalue weighted by Gasteiger charge is -2.14. The lowest BCUT2D eigenvalue weighted by molar-refractivity contribution is -0.129. The average Bonchev–Trinajstić information content (AvgIpc) is 2.60. The minimum atomic E-state index is -1.03. The smallest absolute Gasteiger partial charge is 0.342 e. The predicted octanol–water partition coefficient (Wildman–Crippen LogP) is 2.92. The van der Waals surface area contributed by atoms with Crippen molar-refractivity contribution in [3.05, 3.63) is 58.6 Å². The lowest BCUT2D eigenvalue weighted by Crippen LogP contribution is -2.35. The number of carbonyl (C=O) groups excluding carboxylic acids is 2. The van der Waals surface area contributed by atoms with E-state index < -0.39 is 18.0 Å². The quantitative estimate of drug-likeness (QED) is 0.771. The Labute approximate surface area is 150 Å². The maximum atomic E-state index is 12.1. The van der Waals surface area contributed by atoms with Gasteiger partial charge in [-0.15, -0.1) is 0 Å². The molecule has 0 aromatic heterocycles. The van der Waals surface area contributed by atoms with Crippen LogP contribution in [0.3, 0.4) is 0 Å². The standard InChI is InChI=1S/C18H18ClNO5/c1-11(17(22)20-10-12-5-3-4-6-15(12)19)25-18(23)14-8-7-13(24-2)9-16(14)21/h3-9,11,21H,10H2,1-2H3,(H,20,22). The van der Waals surface area contributed by atoms with Crippen LogP contribution in [0.4, 0.5) is 0 Å². The van der Waals surface area contributed by atoms with Gasteiger partial charge in [0, 0.05) is 17.6 Å². The minimum Gasteiger partial charge on any atom is -0.507 e. The Bertz CT molecular complexity index is 778. The average molecular weight is 364 g/mol. The summed E-state index contributed by atoms with van der Waals surface area (Å²) in [6, 6.07) is 11.3. The number of methoxy groups -OCH3 is 1. The first-order valence-electron chi connectivity index (χ1n) is 7.51. The molecular formula is C18H18ClNO5. The molecule has 7 heteroatoms. The number of halogens is 1. The van der Waals surface area contributed by atoms with Gasteiger partial charge < -0.3 is 19.9 Å². The van der Waals surface area contributed by atoms with Crippen molar-refractivity contribution in [1.29, 1.82) is 0 Å². The molecule has 0 saturated heterocycles. The summed E-state index contributed by atoms with van der Waals surface area (Å²) in [7, 11) is 1.44. The van der Waals surface area contributed by atoms with Gasteiger partial charge in [0.05, 0.1) is 7.11 Å². The summed E-state index contributed by atoms with van der Waals surface area (Å²) in [4.78, 5) is 24.2. The van der Waals surface area contributed by atoms with Gasteiger partial charge in [-0.25, -0.2) is 4.79 Å². The van der Waals surface area contributed by atoms with Crippen LogP contribution >= 0.6 is 11.6 Å². The molecule has 2 rings (SSSR count). The Hall–Kier alpha value is -2.73. The Morgan fingerprint density at radius 3 is 2.60 bits per heavy atom. The predicted molar refractivity (Wildman–Crippen MR) is 92.8 cm³/mol. The highest BCUT2D eigenvalue weighted by atomic mass is 35.5. The molecule has 0 aliphatic rings. The lowest BCUT2D eigenvalue weighted by atomic mass is 10.2. The Morgan fingerprint density at radius 1 is 1.24 bits per heavy atom. The van der Waals surface area contributed by atoms with Crippen LogP contribution in [0.25, 0.3) is 0 Å². The van der Waals surface area contributed by atoms with Gasteiger partial charge in [0.15, 0.2) is 6.10 Å². The van der Waals surface area contributed by atoms with Gasteiger partial charge in [-0.3, -0.25) is 4.79 Å². The van der Waals surface area contributed by atoms with Crippen molar-refractivity contribution < 1.29 is 24.2 Å². The van der Waals surface area contributed by atoms with Gasteiger partial charge in [0.2, 0.25) is 0 Å². The van der Waals surface area contributed by atoms with E-state index in [0.29, 0.717) is 10.8 Å². The molecule has 6 nitrogen and oxygen atoms in total. The molecule has 25 heavy (non-hydrogen) atoms. The highest BCUT2D eigenvalue weighted by Gasteiger charge is 2.21. The highest BCUT2D eigenvalue weighted by molar-refractivity contribution is 6.31. The van der Waals surface area contributed by atoms with Crippen molar-refractivity contribution in [1.82, 2.24) is 5.32 Å². The van der Waals surface area contributed by atoms with E-state index >= 15 is 0 Å². The first-order chi connectivity index (χ1) is 11.9. The number of phenolic OH excluding ortho intramolecular Hbond substituents is 1. The Morgan fingerprint density at radius 2 is 1.96 bits per heavy atom. The molecule has 2 aromatic carbocycles. The second kappa shape index (κ2) is 8.39. The largest absolute Gasteiger partial charge is 0.507 e. The van der Waals surface area contributed by atoms with Gasteiger partial charge in [-0.05, 0) is 30.7 Å². The van der Waals surface area contributed by atoms with E-state index in [1.807, 2.05) is 6.07 Å². The summed E-state index contributed by atoms with van der Waals surface area (Å²) >= 11 is 6.02. The summed E-state index contributed by atoms with van der Waals surface area (Å²) < 4.78 is 10.0. The monoisotopic (exact) mass is 363 g/mol. The zero-order chi connectivity index (χ0) is 18.4. The third kappa shape index (κ3) is 4.87. The van der Waals surface area contributed by atoms with E-state index in [2.05, 4.69) is 5.32 Å². The van der Waals surface area contributed by atoms with Crippen molar-refractivity contribution in [3.8, 4) is 11.5 Å². The van der Waals surface area contributed by atoms with Gasteiger partial charge in [0.25, 0.3) is 5.91 Å². The molecular weight excluding hydrogens is 346 g/mol. The number of esters is 1. The number of ether oxygens (including phenoxy) is 2. The number of phenols is 1. The van der Waals surface area contributed by atoms with Crippen molar-refractivity contribution >= 4 is 23.5 Å². The zero-order valence-electron chi connectivity index (χ0n) is 13.8. The van der Waals surface area contributed by atoms with E-state index in [4.69, 9.17) is 21.1 Å². The number of amides is 1. The van der Waals surface area contributed by atoms with Crippen molar-refractivity contribution in [3.63, 3.8) is 0 Å². The number of rotatable bonds is 6. The third-order valence-electron chi connectivity index (χ3n) is 3.49. The van der Waals surface area contributed by atoms with Crippen LogP contribution in [0.5, 0.6) is 11.5 Å². The molecule has 0 bridgehead atoms. The highest BCUT2D eigenvalue weighted by Crippen LogP contribution is 2.24. The molecule has 1 amide bonds. The number of benzene rings is 2. The normalized spacial score (nSPS) is 11.5. The fourth-order valence-corrected chi connectivity index (χ4v) is 2.26. The third-order valence-corrected chi connectivity index (χ3v) is 3.86. The summed E-state index contributed by atoms with van der Waals surface area (Å²) in [6.07, 6.45) is -1.03. The van der Waals surface area contributed by atoms with Gasteiger partial charge in [0.1, 0.15) is 17.1 Å². The van der Waals surface area contributed by atoms with Gasteiger partial charge in [-0.2, -0.15) is 0 Å². The van der Waals surface area contributed by atoms with Gasteiger partial charge in [-0.1, -0.05) is 29.8 Å². The van der Waals surface area contributed by atoms with Crippen LogP contribution in [-0.2, 0) is 16.1 Å². The zero-order valence-corrected chi connectivity index (χ0v) is 14.5. The number of hydrogen-bond donors (Lipinski definition) is 2. The van der Waals surface area contributed by atoms with E-state index in [9.17, 15) is 14.7 Å². The van der Waals surface area contributed by atoms with Crippen LogP contribution in [0, 0.1) is 0 Å². The topological polar surface area (TPSA) is 84.9 Å². The fourth-order valence-electron chi connectivity index (χ4n) is 2.06. The Balaban J connectivity index is 1.94. The number of hydrogen-bond acceptors (Lipinski definition) is 5. The summed E-state index contributed by atoms with van der Waals surface area (Å²) in [5.41, 5.74) is 0.704. The molecule has 2 aromatic rings. The first-order valence-corrected chi connectivity index (χ1v) is 7.89. The first kappa shape index (κ1) is 18.6. The van der Waals surface area contributed by atoms with Crippen LogP contribution in [-0.4, -0.2) is 30.2 Å². The molecule has 0 fully saturated rings. The van der Waals surface area contributed by atoms with Crippen molar-refractivity contribution in [2.24, 2.45) is 0 Å². The molecule has 0 aliphatic carbocycles. The summed E-state index contributed by atoms with van der Waals surface area (Å²) in [5, 5.41) is 13.0. The molecule has 0 aliphatic heterocycles. The van der Waals surface area contributed by atoms with Crippen molar-refractivity contribution in [2.45, 2.75) is 19.6 Å². The minimum absolute atomic E-state index is 0.0495. The van der Waals surface area contributed by atoms with E-state index in [1.165, 1.54) is 32.2 Å². The van der Waals surface area contributed by atoms with Crippen LogP contribution < -0.4 is 10.1 Å². The fraction of sp³-hybridized carbons (Fsp3) is 0.222. The molecule has 0 saturated carbocycles. The number of carbonyl (C=O) groups is 2. The SMILES string of the molecule is COc1ccc(C(=O)OC(C)C(=O)NCc2ccccc2Cl)c(O)c1. The van der Waals surface area contributed by atoms with Gasteiger partial charge >= 0.3 is 5.97 Å². The second-order valence-electron chi connectivity index (χ2n) is 5.24. The van der Waals surface area contributed by atoms with E-state index in [0.717, 1.165) is 5.56 Å². The molecule has 0 radical (unpaired) electrons. The Kier molecular flexibility index (Phi) is 6.25. The van der Waals surface area contributed by atoms with Crippen molar-refractivity contribution in [2.75, 3.05) is 7.11 Å². The van der Waals surface area contributed by atoms with Crippen LogP contribution in [0.2, 0.25) is 5.02 Å². The summed E-state index contributed by atoms with van der Waals surface area (Å²) in [5.74, 6) is -1.16. The molecule has 2 N–H and O–H groups in total. The number of aromatic hydroxyl groups is 1.